The molecule has 5 rings (SSSR count). The molecule has 2 aliphatic carbocycles. The Morgan fingerprint density at radius 2 is 2.11 bits per heavy atom. The quantitative estimate of drug-likeness (QED) is 0.806. The van der Waals surface area contributed by atoms with Gasteiger partial charge in [-0.15, -0.1) is 0 Å². The van der Waals surface area contributed by atoms with E-state index in [2.05, 4.69) is 12.2 Å². The van der Waals surface area contributed by atoms with Gasteiger partial charge >= 0.3 is 6.18 Å². The van der Waals surface area contributed by atoms with Gasteiger partial charge in [0, 0.05) is 24.5 Å². The SMILES string of the molecule is C[C@]12CN(C(=O)[C@H]3C[C@]4(COC(O)N4)C3)C[C@H]1[C@@H]2c1cccc(C(F)(F)F)c1. The minimum absolute atomic E-state index is 0.0745. The van der Waals surface area contributed by atoms with E-state index in [-0.39, 0.29) is 34.6 Å². The first kappa shape index (κ1) is 18.4. The van der Waals surface area contributed by atoms with Crippen molar-refractivity contribution in [2.45, 2.75) is 43.8 Å². The van der Waals surface area contributed by atoms with Gasteiger partial charge < -0.3 is 14.7 Å². The minimum Gasteiger partial charge on any atom is -0.356 e. The van der Waals surface area contributed by atoms with E-state index in [1.54, 1.807) is 6.07 Å². The molecule has 0 bridgehead atoms. The van der Waals surface area contributed by atoms with Crippen molar-refractivity contribution in [3.05, 3.63) is 35.4 Å². The third-order valence-corrected chi connectivity index (χ3v) is 7.25. The number of fused-ring (bicyclic) bond motifs is 1. The van der Waals surface area contributed by atoms with Crippen LogP contribution >= 0.6 is 0 Å². The third-order valence-electron chi connectivity index (χ3n) is 7.25. The number of carbonyl (C=O) groups excluding carboxylic acids is 1. The molecule has 5 nitrogen and oxygen atoms in total. The topological polar surface area (TPSA) is 61.8 Å². The van der Waals surface area contributed by atoms with E-state index in [1.165, 1.54) is 12.1 Å². The zero-order chi connectivity index (χ0) is 19.9. The van der Waals surface area contributed by atoms with Gasteiger partial charge in [0.1, 0.15) is 0 Å². The van der Waals surface area contributed by atoms with Crippen LogP contribution in [0, 0.1) is 17.3 Å². The fraction of sp³-hybridized carbons (Fsp3) is 0.650. The van der Waals surface area contributed by atoms with E-state index < -0.39 is 18.2 Å². The standard InChI is InChI=1S/C20H23F3N2O3/c1-18-9-25(16(26)12-6-19(7-12)10-28-17(27)24-19)8-14(18)15(18)11-3-2-4-13(5-11)20(21,22)23/h2-5,12,14-15,17,24,27H,6-10H2,1H3/t12-,14-,15-,17?,18-,19+/m0/s1. The summed E-state index contributed by atoms with van der Waals surface area (Å²) in [6, 6.07) is 5.59. The summed E-state index contributed by atoms with van der Waals surface area (Å²) < 4.78 is 44.2. The number of nitrogens with zero attached hydrogens (tertiary/aromatic N) is 1. The van der Waals surface area contributed by atoms with Crippen molar-refractivity contribution in [3.63, 3.8) is 0 Å². The van der Waals surface area contributed by atoms with Crippen LogP contribution in [0.5, 0.6) is 0 Å². The van der Waals surface area contributed by atoms with Crippen molar-refractivity contribution < 1.29 is 27.8 Å². The number of alkyl halides is 3. The molecular weight excluding hydrogens is 373 g/mol. The highest BCUT2D eigenvalue weighted by molar-refractivity contribution is 5.81. The number of hydrogen-bond donors (Lipinski definition) is 2. The van der Waals surface area contributed by atoms with Gasteiger partial charge in [-0.3, -0.25) is 10.1 Å². The molecule has 2 saturated carbocycles. The number of aliphatic hydroxyl groups is 1. The number of piperidine rings is 1. The van der Waals surface area contributed by atoms with Crippen molar-refractivity contribution in [1.29, 1.82) is 0 Å². The predicted octanol–water partition coefficient (Wildman–Crippen LogP) is 2.31. The maximum Gasteiger partial charge on any atom is 0.416 e. The Morgan fingerprint density at radius 3 is 2.68 bits per heavy atom. The Hall–Kier alpha value is -1.64. The Kier molecular flexibility index (Phi) is 3.75. The largest absolute Gasteiger partial charge is 0.416 e. The molecule has 1 spiro atoms. The summed E-state index contributed by atoms with van der Waals surface area (Å²) in [6.45, 7) is 3.68. The molecule has 0 aromatic heterocycles. The van der Waals surface area contributed by atoms with E-state index in [9.17, 15) is 23.1 Å². The molecule has 2 saturated heterocycles. The lowest BCUT2D eigenvalue weighted by molar-refractivity contribution is -0.141. The number of rotatable bonds is 2. The fourth-order valence-corrected chi connectivity index (χ4v) is 5.73. The monoisotopic (exact) mass is 396 g/mol. The smallest absolute Gasteiger partial charge is 0.356 e. The molecule has 0 radical (unpaired) electrons. The maximum atomic E-state index is 13.0. The normalized spacial score (nSPS) is 41.8. The molecule has 28 heavy (non-hydrogen) atoms. The van der Waals surface area contributed by atoms with Gasteiger partial charge in [0.2, 0.25) is 12.3 Å². The van der Waals surface area contributed by atoms with Gasteiger partial charge in [0.15, 0.2) is 0 Å². The molecular formula is C20H23F3N2O3. The van der Waals surface area contributed by atoms with Crippen LogP contribution in [0.3, 0.4) is 0 Å². The number of carbonyl (C=O) groups is 1. The van der Waals surface area contributed by atoms with Gasteiger partial charge in [-0.2, -0.15) is 13.2 Å². The van der Waals surface area contributed by atoms with Gasteiger partial charge in [-0.1, -0.05) is 25.1 Å². The first-order chi connectivity index (χ1) is 13.1. The number of nitrogens with one attached hydrogen (secondary N) is 1. The lowest BCUT2D eigenvalue weighted by Crippen LogP contribution is -2.58. The van der Waals surface area contributed by atoms with Crippen LogP contribution in [0.15, 0.2) is 24.3 Å². The average molecular weight is 396 g/mol. The third kappa shape index (κ3) is 2.69. The van der Waals surface area contributed by atoms with Crippen molar-refractivity contribution in [2.24, 2.45) is 17.3 Å². The van der Waals surface area contributed by atoms with Crippen molar-refractivity contribution in [2.75, 3.05) is 19.7 Å². The Balaban J connectivity index is 1.22. The summed E-state index contributed by atoms with van der Waals surface area (Å²) in [7, 11) is 0. The molecule has 1 amide bonds. The molecule has 4 aliphatic rings. The molecule has 2 N–H and O–H groups in total. The maximum absolute atomic E-state index is 13.0. The highest BCUT2D eigenvalue weighted by atomic mass is 19.4. The Labute approximate surface area is 160 Å². The van der Waals surface area contributed by atoms with E-state index in [0.29, 0.717) is 32.5 Å². The summed E-state index contributed by atoms with van der Waals surface area (Å²) >= 11 is 0. The van der Waals surface area contributed by atoms with Crippen LogP contribution in [0.2, 0.25) is 0 Å². The van der Waals surface area contributed by atoms with Gasteiger partial charge in [0.05, 0.1) is 12.2 Å². The zero-order valence-electron chi connectivity index (χ0n) is 15.5. The molecule has 4 atom stereocenters. The lowest BCUT2D eigenvalue weighted by atomic mass is 9.68. The number of halogens is 3. The van der Waals surface area contributed by atoms with Crippen molar-refractivity contribution in [1.82, 2.24) is 10.2 Å². The summed E-state index contributed by atoms with van der Waals surface area (Å²) in [4.78, 5) is 14.7. The van der Waals surface area contributed by atoms with E-state index in [0.717, 1.165) is 11.6 Å². The lowest BCUT2D eigenvalue weighted by Gasteiger charge is -2.44. The summed E-state index contributed by atoms with van der Waals surface area (Å²) in [5, 5.41) is 12.4. The van der Waals surface area contributed by atoms with Crippen LogP contribution < -0.4 is 5.32 Å². The second kappa shape index (κ2) is 5.70. The number of likely N-dealkylation sites (tertiary alicyclic amines) is 1. The molecule has 1 aromatic rings. The van der Waals surface area contributed by atoms with Crippen LogP contribution in [0.1, 0.15) is 36.8 Å². The van der Waals surface area contributed by atoms with Crippen molar-refractivity contribution in [3.8, 4) is 0 Å². The van der Waals surface area contributed by atoms with E-state index in [4.69, 9.17) is 4.74 Å². The highest BCUT2D eigenvalue weighted by Gasteiger charge is 2.67. The summed E-state index contributed by atoms with van der Waals surface area (Å²) in [6.07, 6.45) is -3.99. The average Bonchev–Trinajstić information content (AvgIpc) is 2.90. The van der Waals surface area contributed by atoms with Gasteiger partial charge in [-0.25, -0.2) is 0 Å². The Bertz CT molecular complexity index is 823. The van der Waals surface area contributed by atoms with E-state index in [1.807, 2.05) is 4.90 Å². The van der Waals surface area contributed by atoms with Crippen molar-refractivity contribution >= 4 is 5.91 Å². The number of amides is 1. The molecule has 1 aromatic carbocycles. The molecule has 2 heterocycles. The molecule has 1 unspecified atom stereocenters. The molecule has 152 valence electrons. The zero-order valence-corrected chi connectivity index (χ0v) is 15.5. The summed E-state index contributed by atoms with van der Waals surface area (Å²) in [5.74, 6) is 0.329. The first-order valence-electron chi connectivity index (χ1n) is 9.65. The van der Waals surface area contributed by atoms with Gasteiger partial charge in [0.25, 0.3) is 0 Å². The number of ether oxygens (including phenoxy) is 1. The fourth-order valence-electron chi connectivity index (χ4n) is 5.73. The molecule has 2 aliphatic heterocycles. The number of aliphatic hydroxyl groups excluding tert-OH is 1. The molecule has 8 heteroatoms. The van der Waals surface area contributed by atoms with E-state index >= 15 is 0 Å². The van der Waals surface area contributed by atoms with Crippen LogP contribution in [-0.2, 0) is 15.7 Å². The summed E-state index contributed by atoms with van der Waals surface area (Å²) in [5.41, 5.74) is -0.322. The minimum atomic E-state index is -4.34. The number of hydrogen-bond acceptors (Lipinski definition) is 4. The second-order valence-electron chi connectivity index (χ2n) is 9.13. The van der Waals surface area contributed by atoms with Crippen LogP contribution in [0.25, 0.3) is 0 Å². The van der Waals surface area contributed by atoms with Crippen LogP contribution in [-0.4, -0.2) is 47.6 Å². The Morgan fingerprint density at radius 1 is 1.36 bits per heavy atom. The highest BCUT2D eigenvalue weighted by Crippen LogP contribution is 2.68. The first-order valence-corrected chi connectivity index (χ1v) is 9.65. The second-order valence-corrected chi connectivity index (χ2v) is 9.13. The van der Waals surface area contributed by atoms with Crippen LogP contribution in [0.4, 0.5) is 13.2 Å². The molecule has 4 fully saturated rings. The van der Waals surface area contributed by atoms with Gasteiger partial charge in [-0.05, 0) is 41.7 Å². The predicted molar refractivity (Wildman–Crippen MR) is 92.9 cm³/mol. The number of benzene rings is 1.